The Bertz CT molecular complexity index is 570. The minimum atomic E-state index is -0.875. The van der Waals surface area contributed by atoms with Gasteiger partial charge in [0.2, 0.25) is 5.91 Å². The molecule has 104 valence electrons. The lowest BCUT2D eigenvalue weighted by atomic mass is 9.82. The number of carbonyl (C=O) groups excluding carboxylic acids is 1. The fourth-order valence-electron chi connectivity index (χ4n) is 3.40. The minimum Gasteiger partial charge on any atom is -0.481 e. The molecule has 5 nitrogen and oxygen atoms in total. The number of rotatable bonds is 3. The predicted molar refractivity (Wildman–Crippen MR) is 73.0 cm³/mol. The first kappa shape index (κ1) is 12.8. The fourth-order valence-corrected chi connectivity index (χ4v) is 3.40. The highest BCUT2D eigenvalue weighted by Gasteiger charge is 2.52. The van der Waals surface area contributed by atoms with Crippen molar-refractivity contribution in [1.29, 1.82) is 0 Å². The second kappa shape index (κ2) is 4.74. The molecule has 2 aliphatic rings. The Balaban J connectivity index is 1.87. The van der Waals surface area contributed by atoms with Crippen LogP contribution in [0.25, 0.3) is 0 Å². The lowest BCUT2D eigenvalue weighted by Crippen LogP contribution is -2.41. The van der Waals surface area contributed by atoms with Gasteiger partial charge in [-0.05, 0) is 30.4 Å². The van der Waals surface area contributed by atoms with Crippen LogP contribution in [0.3, 0.4) is 0 Å². The van der Waals surface area contributed by atoms with Gasteiger partial charge < -0.3 is 10.0 Å². The van der Waals surface area contributed by atoms with Crippen LogP contribution in [0.1, 0.15) is 6.42 Å². The van der Waals surface area contributed by atoms with Crippen molar-refractivity contribution in [1.82, 2.24) is 4.98 Å². The molecule has 1 aromatic heterocycles. The van der Waals surface area contributed by atoms with Gasteiger partial charge in [0, 0.05) is 13.2 Å². The van der Waals surface area contributed by atoms with Gasteiger partial charge >= 0.3 is 5.97 Å². The maximum atomic E-state index is 12.7. The molecule has 4 atom stereocenters. The minimum absolute atomic E-state index is 0.00579. The van der Waals surface area contributed by atoms with Gasteiger partial charge in [-0.2, -0.15) is 0 Å². The van der Waals surface area contributed by atoms with Crippen molar-refractivity contribution in [2.45, 2.75) is 6.42 Å². The number of hydrogen-bond acceptors (Lipinski definition) is 3. The van der Waals surface area contributed by atoms with Crippen molar-refractivity contribution in [2.75, 3.05) is 11.9 Å². The van der Waals surface area contributed by atoms with Gasteiger partial charge in [-0.25, -0.2) is 0 Å². The molecule has 1 saturated carbocycles. The molecule has 2 bridgehead atoms. The van der Waals surface area contributed by atoms with E-state index in [1.807, 2.05) is 12.2 Å². The van der Waals surface area contributed by atoms with E-state index in [-0.39, 0.29) is 17.7 Å². The summed E-state index contributed by atoms with van der Waals surface area (Å²) >= 11 is 0. The number of anilines is 1. The van der Waals surface area contributed by atoms with Gasteiger partial charge in [-0.3, -0.25) is 14.6 Å². The monoisotopic (exact) mass is 272 g/mol. The smallest absolute Gasteiger partial charge is 0.307 e. The summed E-state index contributed by atoms with van der Waals surface area (Å²) in [4.78, 5) is 29.6. The zero-order valence-corrected chi connectivity index (χ0v) is 11.1. The summed E-state index contributed by atoms with van der Waals surface area (Å²) in [5.74, 6) is -2.03. The van der Waals surface area contributed by atoms with Crippen LogP contribution in [0.2, 0.25) is 0 Å². The van der Waals surface area contributed by atoms with Crippen LogP contribution >= 0.6 is 0 Å². The number of aromatic nitrogens is 1. The predicted octanol–water partition coefficient (Wildman–Crippen LogP) is 1.57. The second-order valence-corrected chi connectivity index (χ2v) is 5.45. The normalized spacial score (nSPS) is 30.4. The van der Waals surface area contributed by atoms with Crippen LogP contribution in [0.4, 0.5) is 5.69 Å². The Morgan fingerprint density at radius 3 is 2.60 bits per heavy atom. The van der Waals surface area contributed by atoms with Gasteiger partial charge in [0.25, 0.3) is 0 Å². The van der Waals surface area contributed by atoms with Crippen molar-refractivity contribution in [3.05, 3.63) is 36.7 Å². The highest BCUT2D eigenvalue weighted by Crippen LogP contribution is 2.48. The van der Waals surface area contributed by atoms with Crippen LogP contribution in [0.15, 0.2) is 36.7 Å². The summed E-state index contributed by atoms with van der Waals surface area (Å²) < 4.78 is 0. The maximum absolute atomic E-state index is 12.7. The number of allylic oxidation sites excluding steroid dienone is 2. The Morgan fingerprint density at radius 2 is 2.00 bits per heavy atom. The molecule has 2 unspecified atom stereocenters. The molecule has 2 aliphatic carbocycles. The zero-order chi connectivity index (χ0) is 14.3. The Kier molecular flexibility index (Phi) is 3.04. The Hall–Kier alpha value is -2.17. The Morgan fingerprint density at radius 1 is 1.30 bits per heavy atom. The van der Waals surface area contributed by atoms with Crippen LogP contribution in [-0.2, 0) is 9.59 Å². The molecule has 0 saturated heterocycles. The largest absolute Gasteiger partial charge is 0.481 e. The molecular weight excluding hydrogens is 256 g/mol. The maximum Gasteiger partial charge on any atom is 0.307 e. The molecule has 1 N–H and O–H groups in total. The summed E-state index contributed by atoms with van der Waals surface area (Å²) in [6.07, 6.45) is 7.95. The average Bonchev–Trinajstić information content (AvgIpc) is 3.07. The number of nitrogens with zero attached hydrogens (tertiary/aromatic N) is 2. The number of aliphatic carboxylic acids is 1. The number of amides is 1. The summed E-state index contributed by atoms with van der Waals surface area (Å²) in [6.45, 7) is 0. The van der Waals surface area contributed by atoms with E-state index in [0.29, 0.717) is 5.69 Å². The van der Waals surface area contributed by atoms with Crippen molar-refractivity contribution in [3.63, 3.8) is 0 Å². The summed E-state index contributed by atoms with van der Waals surface area (Å²) in [5.41, 5.74) is 0.688. The number of pyridine rings is 1. The standard InChI is InChI=1S/C15H16N2O3/c1-17(11-3-2-6-16-8-11)14(18)12-9-4-5-10(7-9)13(12)15(19)20/h2-6,8-10,12-13H,7H2,1H3,(H,19,20)/t9?,10?,12-,13+/m0/s1. The van der Waals surface area contributed by atoms with E-state index < -0.39 is 17.8 Å². The summed E-state index contributed by atoms with van der Waals surface area (Å²) in [6, 6.07) is 3.55. The molecule has 1 aromatic rings. The average molecular weight is 272 g/mol. The molecule has 0 aliphatic heterocycles. The molecule has 0 radical (unpaired) electrons. The second-order valence-electron chi connectivity index (χ2n) is 5.45. The molecule has 1 fully saturated rings. The van der Waals surface area contributed by atoms with Crippen LogP contribution < -0.4 is 4.90 Å². The lowest BCUT2D eigenvalue weighted by Gasteiger charge is -2.28. The molecule has 0 spiro atoms. The van der Waals surface area contributed by atoms with E-state index >= 15 is 0 Å². The van der Waals surface area contributed by atoms with E-state index in [2.05, 4.69) is 4.98 Å². The van der Waals surface area contributed by atoms with Gasteiger partial charge in [-0.1, -0.05) is 12.2 Å². The third kappa shape index (κ3) is 1.90. The van der Waals surface area contributed by atoms with Crippen LogP contribution in [0.5, 0.6) is 0 Å². The molecule has 1 amide bonds. The highest BCUT2D eigenvalue weighted by atomic mass is 16.4. The quantitative estimate of drug-likeness (QED) is 0.848. The molecule has 3 rings (SSSR count). The van der Waals surface area contributed by atoms with E-state index in [0.717, 1.165) is 6.42 Å². The first-order valence-electron chi connectivity index (χ1n) is 6.68. The SMILES string of the molecule is CN(C(=O)[C@H]1C2C=CC(C2)[C@H]1C(=O)O)c1cccnc1. The van der Waals surface area contributed by atoms with E-state index in [9.17, 15) is 14.7 Å². The van der Waals surface area contributed by atoms with Gasteiger partial charge in [0.05, 0.1) is 23.7 Å². The van der Waals surface area contributed by atoms with Gasteiger partial charge in [-0.15, -0.1) is 0 Å². The van der Waals surface area contributed by atoms with E-state index in [1.54, 1.807) is 31.6 Å². The first-order valence-corrected chi connectivity index (χ1v) is 6.68. The Labute approximate surface area is 116 Å². The van der Waals surface area contributed by atoms with E-state index in [4.69, 9.17) is 0 Å². The fraction of sp³-hybridized carbons (Fsp3) is 0.400. The number of carboxylic acid groups (broad SMARTS) is 1. The van der Waals surface area contributed by atoms with Gasteiger partial charge in [0.15, 0.2) is 0 Å². The van der Waals surface area contributed by atoms with Crippen molar-refractivity contribution in [2.24, 2.45) is 23.7 Å². The first-order chi connectivity index (χ1) is 9.59. The topological polar surface area (TPSA) is 70.5 Å². The molecule has 5 heteroatoms. The van der Waals surface area contributed by atoms with E-state index in [1.165, 1.54) is 4.90 Å². The van der Waals surface area contributed by atoms with Crippen LogP contribution in [0, 0.1) is 23.7 Å². The number of fused-ring (bicyclic) bond motifs is 2. The summed E-state index contributed by atoms with van der Waals surface area (Å²) in [7, 11) is 1.67. The third-order valence-corrected chi connectivity index (χ3v) is 4.39. The lowest BCUT2D eigenvalue weighted by molar-refractivity contribution is -0.147. The van der Waals surface area contributed by atoms with Crippen molar-refractivity contribution < 1.29 is 14.7 Å². The molecular formula is C15H16N2O3. The molecule has 1 heterocycles. The van der Waals surface area contributed by atoms with Crippen molar-refractivity contribution in [3.8, 4) is 0 Å². The third-order valence-electron chi connectivity index (χ3n) is 4.39. The molecule has 20 heavy (non-hydrogen) atoms. The van der Waals surface area contributed by atoms with Crippen LogP contribution in [-0.4, -0.2) is 29.0 Å². The zero-order valence-electron chi connectivity index (χ0n) is 11.1. The number of hydrogen-bond donors (Lipinski definition) is 1. The summed E-state index contributed by atoms with van der Waals surface area (Å²) in [5, 5.41) is 9.39. The highest BCUT2D eigenvalue weighted by molar-refractivity contribution is 5.97. The van der Waals surface area contributed by atoms with Gasteiger partial charge in [0.1, 0.15) is 0 Å². The number of carboxylic acids is 1. The molecule has 0 aromatic carbocycles. The van der Waals surface area contributed by atoms with Crippen molar-refractivity contribution >= 4 is 17.6 Å². The number of carbonyl (C=O) groups is 2.